The topological polar surface area (TPSA) is 57.8 Å². The number of aromatic amines is 1. The van der Waals surface area contributed by atoms with Crippen LogP contribution in [0.4, 0.5) is 5.95 Å². The Balaban J connectivity index is 1.67. The van der Waals surface area contributed by atoms with Crippen LogP contribution in [0.1, 0.15) is 18.1 Å². The molecule has 2 aromatic carbocycles. The number of hydrogen-bond acceptors (Lipinski definition) is 3. The van der Waals surface area contributed by atoms with Gasteiger partial charge in [-0.1, -0.05) is 43.3 Å². The summed E-state index contributed by atoms with van der Waals surface area (Å²) < 4.78 is 0. The molecule has 0 aliphatic heterocycles. The van der Waals surface area contributed by atoms with Crippen molar-refractivity contribution in [1.82, 2.24) is 9.97 Å². The normalized spacial score (nSPS) is 10.8. The summed E-state index contributed by atoms with van der Waals surface area (Å²) in [4.78, 5) is 19.2. The van der Waals surface area contributed by atoms with Gasteiger partial charge in [0.1, 0.15) is 0 Å². The van der Waals surface area contributed by atoms with E-state index in [1.54, 1.807) is 6.07 Å². The first-order chi connectivity index (χ1) is 10.8. The van der Waals surface area contributed by atoms with Crippen LogP contribution in [0, 0.1) is 0 Å². The van der Waals surface area contributed by atoms with E-state index in [4.69, 9.17) is 0 Å². The number of anilines is 1. The van der Waals surface area contributed by atoms with Gasteiger partial charge in [0, 0.05) is 6.54 Å². The van der Waals surface area contributed by atoms with Crippen LogP contribution in [0.2, 0.25) is 0 Å². The van der Waals surface area contributed by atoms with Crippen molar-refractivity contribution in [3.05, 3.63) is 70.0 Å². The predicted molar refractivity (Wildman–Crippen MR) is 90.4 cm³/mol. The number of nitrogens with one attached hydrogen (secondary N) is 2. The van der Waals surface area contributed by atoms with Gasteiger partial charge in [0.05, 0.1) is 10.9 Å². The van der Waals surface area contributed by atoms with Crippen molar-refractivity contribution in [3.63, 3.8) is 0 Å². The number of aryl methyl sites for hydroxylation is 1. The Morgan fingerprint density at radius 1 is 1.05 bits per heavy atom. The molecule has 0 radical (unpaired) electrons. The molecule has 0 saturated heterocycles. The minimum Gasteiger partial charge on any atom is -0.355 e. The fraction of sp³-hybridized carbons (Fsp3) is 0.222. The molecule has 0 bridgehead atoms. The number of aromatic nitrogens is 2. The maximum Gasteiger partial charge on any atom is 0.260 e. The third-order valence-electron chi connectivity index (χ3n) is 3.75. The molecule has 0 spiro atoms. The summed E-state index contributed by atoms with van der Waals surface area (Å²) >= 11 is 0. The third kappa shape index (κ3) is 3.17. The van der Waals surface area contributed by atoms with Crippen molar-refractivity contribution in [2.24, 2.45) is 0 Å². The van der Waals surface area contributed by atoms with Crippen LogP contribution < -0.4 is 10.9 Å². The van der Waals surface area contributed by atoms with Gasteiger partial charge in [-0.15, -0.1) is 0 Å². The average molecular weight is 293 g/mol. The highest BCUT2D eigenvalue weighted by molar-refractivity contribution is 5.78. The molecule has 22 heavy (non-hydrogen) atoms. The molecule has 1 aromatic heterocycles. The number of hydrogen-bond donors (Lipinski definition) is 2. The van der Waals surface area contributed by atoms with Crippen molar-refractivity contribution in [2.75, 3.05) is 11.9 Å². The quantitative estimate of drug-likeness (QED) is 0.760. The molecule has 2 N–H and O–H groups in total. The van der Waals surface area contributed by atoms with Gasteiger partial charge < -0.3 is 5.32 Å². The second-order valence-electron chi connectivity index (χ2n) is 5.28. The van der Waals surface area contributed by atoms with Crippen molar-refractivity contribution in [2.45, 2.75) is 19.8 Å². The molecule has 0 saturated carbocycles. The van der Waals surface area contributed by atoms with E-state index in [1.165, 1.54) is 11.1 Å². The van der Waals surface area contributed by atoms with Crippen LogP contribution in [-0.2, 0) is 12.8 Å². The third-order valence-corrected chi connectivity index (χ3v) is 3.75. The van der Waals surface area contributed by atoms with Gasteiger partial charge in [-0.3, -0.25) is 9.78 Å². The lowest BCUT2D eigenvalue weighted by atomic mass is 10.1. The van der Waals surface area contributed by atoms with Gasteiger partial charge in [-0.05, 0) is 36.1 Å². The van der Waals surface area contributed by atoms with E-state index in [0.29, 0.717) is 16.9 Å². The maximum absolute atomic E-state index is 12.0. The number of fused-ring (bicyclic) bond motifs is 1. The Kier molecular flexibility index (Phi) is 4.19. The largest absolute Gasteiger partial charge is 0.355 e. The van der Waals surface area contributed by atoms with E-state index >= 15 is 0 Å². The summed E-state index contributed by atoms with van der Waals surface area (Å²) in [6.45, 7) is 2.88. The van der Waals surface area contributed by atoms with E-state index in [9.17, 15) is 4.79 Å². The second kappa shape index (κ2) is 6.43. The van der Waals surface area contributed by atoms with Crippen LogP contribution in [0.25, 0.3) is 10.9 Å². The first-order valence-corrected chi connectivity index (χ1v) is 7.57. The van der Waals surface area contributed by atoms with Crippen LogP contribution in [-0.4, -0.2) is 16.5 Å². The second-order valence-corrected chi connectivity index (χ2v) is 5.28. The number of benzene rings is 2. The highest BCUT2D eigenvalue weighted by Crippen LogP contribution is 2.09. The summed E-state index contributed by atoms with van der Waals surface area (Å²) in [5.74, 6) is 0.522. The Bertz CT molecular complexity index is 822. The molecule has 4 heteroatoms. The Morgan fingerprint density at radius 3 is 2.55 bits per heavy atom. The molecule has 0 aliphatic carbocycles. The Morgan fingerprint density at radius 2 is 1.77 bits per heavy atom. The summed E-state index contributed by atoms with van der Waals surface area (Å²) in [5, 5.41) is 3.80. The van der Waals surface area contributed by atoms with Gasteiger partial charge in [0.2, 0.25) is 5.95 Å². The SMILES string of the molecule is CCc1ccc(CCNc2nc3ccccc3c(=O)[nH]2)cc1. The molecular formula is C18H19N3O. The smallest absolute Gasteiger partial charge is 0.260 e. The number of H-pyrrole nitrogens is 1. The fourth-order valence-corrected chi connectivity index (χ4v) is 2.44. The van der Waals surface area contributed by atoms with Crippen molar-refractivity contribution in [1.29, 1.82) is 0 Å². The van der Waals surface area contributed by atoms with E-state index in [-0.39, 0.29) is 5.56 Å². The van der Waals surface area contributed by atoms with Gasteiger partial charge in [0.15, 0.2) is 0 Å². The van der Waals surface area contributed by atoms with E-state index < -0.39 is 0 Å². The lowest BCUT2D eigenvalue weighted by molar-refractivity contribution is 0.982. The van der Waals surface area contributed by atoms with Gasteiger partial charge >= 0.3 is 0 Å². The first-order valence-electron chi connectivity index (χ1n) is 7.57. The standard InChI is InChI=1S/C18H19N3O/c1-2-13-7-9-14(10-8-13)11-12-19-18-20-16-6-4-3-5-15(16)17(22)21-18/h3-10H,2,11-12H2,1H3,(H2,19,20,21,22). The van der Waals surface area contributed by atoms with Crippen molar-refractivity contribution < 1.29 is 0 Å². The van der Waals surface area contributed by atoms with E-state index in [1.807, 2.05) is 18.2 Å². The lowest BCUT2D eigenvalue weighted by Gasteiger charge is -2.07. The van der Waals surface area contributed by atoms with Crippen LogP contribution in [0.5, 0.6) is 0 Å². The maximum atomic E-state index is 12.0. The zero-order chi connectivity index (χ0) is 15.4. The van der Waals surface area contributed by atoms with Gasteiger partial charge in [-0.25, -0.2) is 4.98 Å². The molecule has 0 atom stereocenters. The number of rotatable bonds is 5. The zero-order valence-corrected chi connectivity index (χ0v) is 12.6. The summed E-state index contributed by atoms with van der Waals surface area (Å²) in [5.41, 5.74) is 3.21. The molecule has 0 fully saturated rings. The molecule has 0 unspecified atom stereocenters. The molecule has 0 aliphatic rings. The van der Waals surface area contributed by atoms with Crippen LogP contribution in [0.3, 0.4) is 0 Å². The molecule has 3 aromatic rings. The summed E-state index contributed by atoms with van der Waals surface area (Å²) in [6, 6.07) is 16.0. The molecule has 3 rings (SSSR count). The zero-order valence-electron chi connectivity index (χ0n) is 12.6. The molecule has 4 nitrogen and oxygen atoms in total. The summed E-state index contributed by atoms with van der Waals surface area (Å²) in [7, 11) is 0. The fourth-order valence-electron chi connectivity index (χ4n) is 2.44. The van der Waals surface area contributed by atoms with Gasteiger partial charge in [0.25, 0.3) is 5.56 Å². The highest BCUT2D eigenvalue weighted by Gasteiger charge is 2.02. The molecule has 0 amide bonds. The number of nitrogens with zero attached hydrogens (tertiary/aromatic N) is 1. The molecule has 112 valence electrons. The summed E-state index contributed by atoms with van der Waals surface area (Å²) in [6.07, 6.45) is 1.95. The Hall–Kier alpha value is -2.62. The minimum atomic E-state index is -0.111. The predicted octanol–water partition coefficient (Wildman–Crippen LogP) is 3.14. The van der Waals surface area contributed by atoms with Crippen LogP contribution in [0.15, 0.2) is 53.3 Å². The van der Waals surface area contributed by atoms with Gasteiger partial charge in [-0.2, -0.15) is 0 Å². The van der Waals surface area contributed by atoms with Crippen LogP contribution >= 0.6 is 0 Å². The minimum absolute atomic E-state index is 0.111. The first kappa shape index (κ1) is 14.3. The average Bonchev–Trinajstić information content (AvgIpc) is 2.56. The van der Waals surface area contributed by atoms with E-state index in [0.717, 1.165) is 19.4 Å². The highest BCUT2D eigenvalue weighted by atomic mass is 16.1. The van der Waals surface area contributed by atoms with E-state index in [2.05, 4.69) is 46.5 Å². The molecule has 1 heterocycles. The van der Waals surface area contributed by atoms with Crippen molar-refractivity contribution >= 4 is 16.9 Å². The lowest BCUT2D eigenvalue weighted by Crippen LogP contribution is -2.14. The monoisotopic (exact) mass is 293 g/mol. The Labute approximate surface area is 129 Å². The van der Waals surface area contributed by atoms with Crippen molar-refractivity contribution in [3.8, 4) is 0 Å². The number of para-hydroxylation sites is 1. The molecular weight excluding hydrogens is 274 g/mol.